The number of phenols is 1. The SMILES string of the molecule is CN(C)C1C(=O)C(C(N)=O)C(=O)C2(O)C(=O)C3C(=O)c4c(O)ccc(-c5ccc(NC(=O)c6cccs6)cc5)c4CC3CC12. The molecular formula is C32H29N3O8S. The van der Waals surface area contributed by atoms with Crippen LogP contribution >= 0.6 is 11.3 Å². The second-order valence-electron chi connectivity index (χ2n) is 11.8. The van der Waals surface area contributed by atoms with Crippen LogP contribution in [0.2, 0.25) is 0 Å². The molecule has 2 amide bonds. The van der Waals surface area contributed by atoms with Crippen molar-refractivity contribution in [1.82, 2.24) is 4.90 Å². The highest BCUT2D eigenvalue weighted by Gasteiger charge is 2.69. The number of likely N-dealkylation sites (N-methyl/N-ethyl adjacent to an activating group) is 1. The van der Waals surface area contributed by atoms with E-state index in [0.717, 1.165) is 0 Å². The summed E-state index contributed by atoms with van der Waals surface area (Å²) in [7, 11) is 3.08. The largest absolute Gasteiger partial charge is 0.507 e. The van der Waals surface area contributed by atoms with Crippen molar-refractivity contribution in [2.75, 3.05) is 19.4 Å². The van der Waals surface area contributed by atoms with Gasteiger partial charge in [0.25, 0.3) is 5.91 Å². The zero-order valence-corrected chi connectivity index (χ0v) is 24.6. The second-order valence-corrected chi connectivity index (χ2v) is 12.7. The lowest BCUT2D eigenvalue weighted by atomic mass is 9.52. The molecule has 0 radical (unpaired) electrons. The molecule has 5 N–H and O–H groups in total. The van der Waals surface area contributed by atoms with Crippen molar-refractivity contribution < 1.29 is 39.0 Å². The third-order valence-corrected chi connectivity index (χ3v) is 10.0. The number of hydrogen-bond acceptors (Lipinski definition) is 10. The number of Topliss-reactive ketones (excluding diaryl/α,β-unsaturated/α-hetero) is 4. The van der Waals surface area contributed by atoms with Crippen LogP contribution in [0.1, 0.15) is 32.0 Å². The highest BCUT2D eigenvalue weighted by Crippen LogP contribution is 2.51. The molecule has 44 heavy (non-hydrogen) atoms. The Morgan fingerprint density at radius 3 is 2.34 bits per heavy atom. The Morgan fingerprint density at radius 2 is 1.73 bits per heavy atom. The number of carbonyl (C=O) groups is 6. The average Bonchev–Trinajstić information content (AvgIpc) is 3.51. The number of anilines is 1. The molecule has 2 saturated carbocycles. The van der Waals surface area contributed by atoms with Gasteiger partial charge in [-0.1, -0.05) is 24.3 Å². The number of hydrogen-bond donors (Lipinski definition) is 4. The summed E-state index contributed by atoms with van der Waals surface area (Å²) in [5.41, 5.74) is 4.89. The third kappa shape index (κ3) is 4.32. The number of thiophene rings is 1. The van der Waals surface area contributed by atoms with E-state index in [-0.39, 0.29) is 30.1 Å². The molecule has 11 nitrogen and oxygen atoms in total. The minimum absolute atomic E-state index is 0.0350. The topological polar surface area (TPSA) is 184 Å². The molecule has 3 aliphatic rings. The summed E-state index contributed by atoms with van der Waals surface area (Å²) < 4.78 is 0. The van der Waals surface area contributed by atoms with Crippen LogP contribution in [0, 0.1) is 23.7 Å². The number of amides is 2. The number of rotatable bonds is 5. The Balaban J connectivity index is 1.38. The van der Waals surface area contributed by atoms with Crippen LogP contribution in [-0.2, 0) is 25.6 Å². The van der Waals surface area contributed by atoms with E-state index in [1.165, 1.54) is 36.4 Å². The maximum absolute atomic E-state index is 14.0. The fourth-order valence-corrected chi connectivity index (χ4v) is 7.83. The molecule has 0 spiro atoms. The molecule has 2 aromatic carbocycles. The Hall–Kier alpha value is -4.52. The quantitative estimate of drug-likeness (QED) is 0.311. The maximum Gasteiger partial charge on any atom is 0.265 e. The smallest absolute Gasteiger partial charge is 0.265 e. The minimum atomic E-state index is -2.77. The molecule has 6 rings (SSSR count). The Kier molecular flexibility index (Phi) is 7.10. The fourth-order valence-electron chi connectivity index (χ4n) is 7.21. The highest BCUT2D eigenvalue weighted by molar-refractivity contribution is 7.12. The second kappa shape index (κ2) is 10.6. The first kappa shape index (κ1) is 29.5. The maximum atomic E-state index is 14.0. The predicted octanol–water partition coefficient (Wildman–Crippen LogP) is 1.85. The molecule has 1 aromatic heterocycles. The first-order valence-corrected chi connectivity index (χ1v) is 14.9. The van der Waals surface area contributed by atoms with Crippen LogP contribution < -0.4 is 11.1 Å². The molecule has 0 aliphatic heterocycles. The van der Waals surface area contributed by atoms with Crippen molar-refractivity contribution in [1.29, 1.82) is 0 Å². The van der Waals surface area contributed by atoms with Crippen LogP contribution in [0.4, 0.5) is 5.69 Å². The summed E-state index contributed by atoms with van der Waals surface area (Å²) in [4.78, 5) is 81.2. The van der Waals surface area contributed by atoms with Gasteiger partial charge in [0, 0.05) is 11.6 Å². The zero-order chi connectivity index (χ0) is 31.7. The summed E-state index contributed by atoms with van der Waals surface area (Å²) >= 11 is 1.32. The molecule has 6 atom stereocenters. The van der Waals surface area contributed by atoms with Gasteiger partial charge in [-0.3, -0.25) is 33.7 Å². The summed E-state index contributed by atoms with van der Waals surface area (Å²) in [6.07, 6.45) is 0.110. The van der Waals surface area contributed by atoms with Crippen LogP contribution in [0.5, 0.6) is 5.75 Å². The van der Waals surface area contributed by atoms with Gasteiger partial charge in [-0.2, -0.15) is 0 Å². The van der Waals surface area contributed by atoms with E-state index in [1.807, 2.05) is 0 Å². The van der Waals surface area contributed by atoms with Gasteiger partial charge in [0.1, 0.15) is 5.75 Å². The van der Waals surface area contributed by atoms with Gasteiger partial charge in [-0.05, 0) is 79.2 Å². The molecule has 2 fully saturated rings. The standard InChI is InChI=1S/C32H29N3O8S/c1-35(2)25-19-13-15-12-18-17(14-5-7-16(8-6-14)34-31(42)21-4-3-11-44-21)9-10-20(36)23(18)26(37)22(15)28(39)32(19,43)29(40)24(27(25)38)30(33)41/h3-11,15,19,22,24-25,36,43H,12-13H2,1-2H3,(H2,33,41)(H,34,42). The number of nitrogens with one attached hydrogen (secondary N) is 1. The van der Waals surface area contributed by atoms with Crippen molar-refractivity contribution in [3.63, 3.8) is 0 Å². The number of ketones is 4. The molecular weight excluding hydrogens is 586 g/mol. The molecule has 3 aliphatic carbocycles. The van der Waals surface area contributed by atoms with Crippen LogP contribution in [-0.4, -0.2) is 75.8 Å². The lowest BCUT2D eigenvalue weighted by Gasteiger charge is -2.52. The molecule has 6 unspecified atom stereocenters. The first-order valence-electron chi connectivity index (χ1n) is 14.0. The van der Waals surface area contributed by atoms with Gasteiger partial charge in [-0.15, -0.1) is 11.3 Å². The van der Waals surface area contributed by atoms with Gasteiger partial charge >= 0.3 is 0 Å². The normalized spacial score (nSPS) is 27.9. The van der Waals surface area contributed by atoms with Gasteiger partial charge in [-0.25, -0.2) is 0 Å². The van der Waals surface area contributed by atoms with E-state index in [0.29, 0.717) is 27.3 Å². The first-order chi connectivity index (χ1) is 20.9. The van der Waals surface area contributed by atoms with Crippen molar-refractivity contribution in [2.45, 2.75) is 24.5 Å². The van der Waals surface area contributed by atoms with E-state index >= 15 is 0 Å². The number of phenolic OH excluding ortho intramolecular Hbond substituents is 1. The van der Waals surface area contributed by atoms with E-state index in [4.69, 9.17) is 5.73 Å². The Labute approximate surface area is 255 Å². The number of fused-ring (bicyclic) bond motifs is 3. The van der Waals surface area contributed by atoms with E-state index < -0.39 is 64.4 Å². The lowest BCUT2D eigenvalue weighted by Crippen LogP contribution is -2.74. The third-order valence-electron chi connectivity index (χ3n) is 9.14. The van der Waals surface area contributed by atoms with Crippen molar-refractivity contribution in [2.24, 2.45) is 29.4 Å². The summed E-state index contributed by atoms with van der Waals surface area (Å²) in [6.45, 7) is 0. The monoisotopic (exact) mass is 615 g/mol. The number of carbonyl (C=O) groups excluding carboxylic acids is 6. The number of benzene rings is 2. The summed E-state index contributed by atoms with van der Waals surface area (Å²) in [5.74, 6) is -11.2. The number of nitrogens with two attached hydrogens (primary N) is 1. The Bertz CT molecular complexity index is 1750. The number of aliphatic hydroxyl groups is 1. The van der Waals surface area contributed by atoms with Gasteiger partial charge in [0.05, 0.1) is 22.4 Å². The molecule has 1 heterocycles. The lowest BCUT2D eigenvalue weighted by molar-refractivity contribution is -0.181. The summed E-state index contributed by atoms with van der Waals surface area (Å²) in [6, 6.07) is 12.3. The molecule has 0 saturated heterocycles. The van der Waals surface area contributed by atoms with Crippen molar-refractivity contribution in [3.05, 3.63) is 69.9 Å². The molecule has 3 aromatic rings. The van der Waals surface area contributed by atoms with E-state index in [2.05, 4.69) is 5.32 Å². The number of nitrogens with zero attached hydrogens (tertiary/aromatic N) is 1. The van der Waals surface area contributed by atoms with Crippen LogP contribution in [0.25, 0.3) is 11.1 Å². The fraction of sp³-hybridized carbons (Fsp3) is 0.312. The highest BCUT2D eigenvalue weighted by atomic mass is 32.1. The zero-order valence-electron chi connectivity index (χ0n) is 23.8. The van der Waals surface area contributed by atoms with Crippen molar-refractivity contribution in [3.8, 4) is 16.9 Å². The van der Waals surface area contributed by atoms with E-state index in [9.17, 15) is 39.0 Å². The number of aromatic hydroxyl groups is 1. The van der Waals surface area contributed by atoms with Crippen molar-refractivity contribution >= 4 is 52.0 Å². The average molecular weight is 616 g/mol. The van der Waals surface area contributed by atoms with Gasteiger partial charge in [0.2, 0.25) is 5.91 Å². The van der Waals surface area contributed by atoms with Crippen LogP contribution in [0.15, 0.2) is 53.9 Å². The summed E-state index contributed by atoms with van der Waals surface area (Å²) in [5, 5.41) is 27.1. The van der Waals surface area contributed by atoms with E-state index in [1.54, 1.807) is 47.8 Å². The molecule has 0 bridgehead atoms. The molecule has 226 valence electrons. The van der Waals surface area contributed by atoms with Gasteiger partial charge in [0.15, 0.2) is 34.7 Å². The number of primary amides is 1. The van der Waals surface area contributed by atoms with Gasteiger partial charge < -0.3 is 21.3 Å². The minimum Gasteiger partial charge on any atom is -0.507 e. The van der Waals surface area contributed by atoms with Crippen LogP contribution in [0.3, 0.4) is 0 Å². The molecule has 12 heteroatoms. The predicted molar refractivity (Wildman–Crippen MR) is 159 cm³/mol. The Morgan fingerprint density at radius 1 is 1.02 bits per heavy atom.